The molecule has 1 aromatic carbocycles. The number of ether oxygens (including phenoxy) is 3. The largest absolute Gasteiger partial charge is 0.463 e. The number of nitrogens with one attached hydrogen (secondary N) is 13. The first-order valence-electron chi connectivity index (χ1n) is 33.8. The molecule has 100 heavy (non-hydrogen) atoms. The van der Waals surface area contributed by atoms with Crippen LogP contribution in [0.3, 0.4) is 0 Å². The second kappa shape index (κ2) is 43.7. The third-order valence-electron chi connectivity index (χ3n) is 14.8. The molecule has 13 atom stereocenters. The van der Waals surface area contributed by atoms with E-state index in [1.807, 2.05) is 6.92 Å². The summed E-state index contributed by atoms with van der Waals surface area (Å²) < 4.78 is 16.0. The van der Waals surface area contributed by atoms with Gasteiger partial charge in [0.25, 0.3) is 0 Å². The Kier molecular flexibility index (Phi) is 38.1. The normalized spacial score (nSPS) is 21.3. The summed E-state index contributed by atoms with van der Waals surface area (Å²) in [5.74, 6) is -12.3. The maximum Gasteiger partial charge on any atom is 0.407 e. The van der Waals surface area contributed by atoms with E-state index in [9.17, 15) is 77.3 Å². The SMILES string of the molecule is CCCC(C)OC(=O)CCC(=O)N[C@@H](CCNC(=O)OC(C)(C)C)C(=O)N[C@H](C(=O)N[C@@H](CNC(=O)OC(C)(C)C)C(=O)N[C@H]1CCNC(=O)[C@H]([C@H](C)O)NC(=O)[C@H](CCN)NC(=O)[C@H](CCN)NC(=O)[C@H](CC(C)C)NC(=O)[C@@H](Cc2ccccc2)NC(=O)[C@H](CCN)NC1=O)C(C)O. The Bertz CT molecular complexity index is 2890. The number of benzene rings is 1. The Hall–Kier alpha value is -8.80. The smallest absolute Gasteiger partial charge is 0.407 e. The minimum atomic E-state index is -1.99. The standard InChI is InChI=1S/C65H110N16O19/c1-13-17-36(4)98-49(85)21-20-48(84)72-43(26-31-70-62(96)99-64(7,8)9)56(90)81-51(38(6)83)61(95)79-47(34-71-63(97)100-65(10,11)12)59(93)76-44-25-30-69-60(94)50(37(5)82)80-55(89)42(24-29-68)74-52(86)40(22-27-66)75-57(91)45(32-35(2)3)77-58(92)46(33-39-18-15-14-16-19-39)78-53(87)41(23-28-67)73-54(44)88/h14-16,18-19,35-38,40-47,50-51,82-83H,13,17,20-34,66-68H2,1-12H3,(H,69,94)(H,70,96)(H,71,97)(H,72,84)(H,73,88)(H,74,86)(H,75,91)(H,76,93)(H,77,92)(H,78,87)(H,79,95)(H,80,89)(H,81,90)/t36?,37-,38?,40-,41-,42-,43-,44-,45-,46+,47-,50-,51-/m0/s1. The molecule has 1 aliphatic rings. The van der Waals surface area contributed by atoms with Crippen molar-refractivity contribution in [2.24, 2.45) is 23.1 Å². The predicted octanol–water partition coefficient (Wildman–Crippen LogP) is -3.60. The van der Waals surface area contributed by atoms with E-state index in [-0.39, 0.29) is 77.0 Å². The monoisotopic (exact) mass is 1420 g/mol. The lowest BCUT2D eigenvalue weighted by Gasteiger charge is -2.29. The number of hydrogen-bond donors (Lipinski definition) is 18. The first-order chi connectivity index (χ1) is 46.8. The van der Waals surface area contributed by atoms with Crippen molar-refractivity contribution in [3.63, 3.8) is 0 Å². The fraction of sp³-hybridized carbons (Fsp3) is 0.692. The molecule has 0 bridgehead atoms. The second-order valence-corrected chi connectivity index (χ2v) is 26.8. The fourth-order valence-corrected chi connectivity index (χ4v) is 9.84. The van der Waals surface area contributed by atoms with Gasteiger partial charge in [-0.15, -0.1) is 0 Å². The third kappa shape index (κ3) is 33.8. The van der Waals surface area contributed by atoms with Crippen LogP contribution in [0.25, 0.3) is 0 Å². The molecule has 1 aliphatic heterocycles. The molecule has 1 saturated heterocycles. The minimum Gasteiger partial charge on any atom is -0.463 e. The third-order valence-corrected chi connectivity index (χ3v) is 14.8. The van der Waals surface area contributed by atoms with Crippen molar-refractivity contribution in [1.82, 2.24) is 69.1 Å². The average molecular weight is 1420 g/mol. The van der Waals surface area contributed by atoms with Gasteiger partial charge in [0.05, 0.1) is 31.3 Å². The molecule has 0 aromatic heterocycles. The molecule has 0 radical (unpaired) electrons. The van der Waals surface area contributed by atoms with Gasteiger partial charge in [0.15, 0.2) is 0 Å². The number of aliphatic hydroxyl groups excluding tert-OH is 2. The van der Waals surface area contributed by atoms with Crippen LogP contribution in [0.4, 0.5) is 9.59 Å². The number of alkyl carbamates (subject to hydrolysis) is 2. The summed E-state index contributed by atoms with van der Waals surface area (Å²) in [6.07, 6.45) is -7.29. The van der Waals surface area contributed by atoms with Crippen LogP contribution in [-0.2, 0) is 78.2 Å². The zero-order chi connectivity index (χ0) is 75.6. The van der Waals surface area contributed by atoms with Gasteiger partial charge in [0.1, 0.15) is 71.6 Å². The van der Waals surface area contributed by atoms with Crippen molar-refractivity contribution in [2.45, 2.75) is 244 Å². The van der Waals surface area contributed by atoms with Gasteiger partial charge in [0, 0.05) is 25.9 Å². The zero-order valence-corrected chi connectivity index (χ0v) is 59.6. The lowest BCUT2D eigenvalue weighted by molar-refractivity contribution is -0.149. The van der Waals surface area contributed by atoms with Crippen LogP contribution in [0.15, 0.2) is 30.3 Å². The van der Waals surface area contributed by atoms with E-state index < -0.39 is 199 Å². The topological polar surface area (TPSA) is 542 Å². The lowest BCUT2D eigenvalue weighted by Crippen LogP contribution is -2.63. The average Bonchev–Trinajstić information content (AvgIpc) is 0.917. The van der Waals surface area contributed by atoms with E-state index in [2.05, 4.69) is 69.1 Å². The van der Waals surface area contributed by atoms with Crippen LogP contribution in [0.1, 0.15) is 153 Å². The predicted molar refractivity (Wildman–Crippen MR) is 364 cm³/mol. The first kappa shape index (κ1) is 87.3. The van der Waals surface area contributed by atoms with Gasteiger partial charge < -0.3 is 111 Å². The number of carbonyl (C=O) groups excluding carboxylic acids is 14. The van der Waals surface area contributed by atoms with E-state index in [0.29, 0.717) is 12.0 Å². The highest BCUT2D eigenvalue weighted by Crippen LogP contribution is 2.14. The summed E-state index contributed by atoms with van der Waals surface area (Å²) in [7, 11) is 0. The molecule has 564 valence electrons. The molecule has 0 saturated carbocycles. The quantitative estimate of drug-likeness (QED) is 0.0261. The number of esters is 1. The molecule has 35 heteroatoms. The zero-order valence-electron chi connectivity index (χ0n) is 59.6. The van der Waals surface area contributed by atoms with Crippen molar-refractivity contribution >= 4 is 83.1 Å². The first-order valence-corrected chi connectivity index (χ1v) is 33.8. The van der Waals surface area contributed by atoms with E-state index in [1.54, 1.807) is 71.9 Å². The molecule has 2 rings (SSSR count). The fourth-order valence-electron chi connectivity index (χ4n) is 9.84. The molecule has 13 amide bonds. The number of amides is 13. The van der Waals surface area contributed by atoms with Gasteiger partial charge in [-0.2, -0.15) is 0 Å². The van der Waals surface area contributed by atoms with Gasteiger partial charge in [-0.05, 0) is 138 Å². The number of aliphatic hydroxyl groups is 2. The number of nitrogens with two attached hydrogens (primary N) is 3. The molecule has 0 aliphatic carbocycles. The van der Waals surface area contributed by atoms with Gasteiger partial charge in [-0.3, -0.25) is 57.5 Å². The summed E-state index contributed by atoms with van der Waals surface area (Å²) in [6.45, 7) is 16.4. The Balaban J connectivity index is 2.84. The van der Waals surface area contributed by atoms with Crippen molar-refractivity contribution in [3.05, 3.63) is 35.9 Å². The van der Waals surface area contributed by atoms with Gasteiger partial charge in [-0.25, -0.2) is 9.59 Å². The minimum absolute atomic E-state index is 0.000694. The maximum absolute atomic E-state index is 14.9. The molecule has 35 nitrogen and oxygen atoms in total. The lowest BCUT2D eigenvalue weighted by atomic mass is 10.00. The summed E-state index contributed by atoms with van der Waals surface area (Å²) in [6, 6.07) is -8.10. The molecule has 2 unspecified atom stereocenters. The van der Waals surface area contributed by atoms with Gasteiger partial charge in [-0.1, -0.05) is 57.5 Å². The molecule has 1 aromatic rings. The highest BCUT2D eigenvalue weighted by molar-refractivity contribution is 5.99. The second-order valence-electron chi connectivity index (χ2n) is 26.8. The Morgan fingerprint density at radius 3 is 1.59 bits per heavy atom. The van der Waals surface area contributed by atoms with E-state index in [0.717, 1.165) is 20.3 Å². The van der Waals surface area contributed by atoms with Crippen LogP contribution < -0.4 is 86.3 Å². The van der Waals surface area contributed by atoms with Crippen LogP contribution in [-0.4, -0.2) is 223 Å². The van der Waals surface area contributed by atoms with Crippen LogP contribution in [0.5, 0.6) is 0 Å². The molecule has 0 spiro atoms. The van der Waals surface area contributed by atoms with Crippen molar-refractivity contribution < 1.29 is 91.5 Å². The summed E-state index contributed by atoms with van der Waals surface area (Å²) >= 11 is 0. The summed E-state index contributed by atoms with van der Waals surface area (Å²) in [5.41, 5.74) is 16.3. The Labute approximate surface area is 583 Å². The van der Waals surface area contributed by atoms with E-state index >= 15 is 0 Å². The number of carbonyl (C=O) groups is 14. The van der Waals surface area contributed by atoms with E-state index in [4.69, 9.17) is 31.4 Å². The number of rotatable bonds is 30. The van der Waals surface area contributed by atoms with Crippen molar-refractivity contribution in [2.75, 3.05) is 39.3 Å². The van der Waals surface area contributed by atoms with Crippen LogP contribution >= 0.6 is 0 Å². The molecular weight excluding hydrogens is 1310 g/mol. The van der Waals surface area contributed by atoms with Crippen molar-refractivity contribution in [3.8, 4) is 0 Å². The van der Waals surface area contributed by atoms with Crippen molar-refractivity contribution in [1.29, 1.82) is 0 Å². The van der Waals surface area contributed by atoms with Crippen LogP contribution in [0, 0.1) is 5.92 Å². The van der Waals surface area contributed by atoms with Gasteiger partial charge >= 0.3 is 18.2 Å². The maximum atomic E-state index is 14.9. The number of hydrogen-bond acceptors (Lipinski definition) is 22. The molecule has 1 heterocycles. The summed E-state index contributed by atoms with van der Waals surface area (Å²) in [5, 5.41) is 54.3. The van der Waals surface area contributed by atoms with Crippen LogP contribution in [0.2, 0.25) is 0 Å². The molecular formula is C65H110N16O19. The highest BCUT2D eigenvalue weighted by Gasteiger charge is 2.38. The molecule has 21 N–H and O–H groups in total. The van der Waals surface area contributed by atoms with Gasteiger partial charge in [0.2, 0.25) is 65.0 Å². The Morgan fingerprint density at radius 2 is 1.08 bits per heavy atom. The Morgan fingerprint density at radius 1 is 0.580 bits per heavy atom. The van der Waals surface area contributed by atoms with E-state index in [1.165, 1.54) is 20.8 Å². The highest BCUT2D eigenvalue weighted by atomic mass is 16.6. The summed E-state index contributed by atoms with van der Waals surface area (Å²) in [4.78, 5) is 195. The molecule has 1 fully saturated rings.